The summed E-state index contributed by atoms with van der Waals surface area (Å²) in [4.78, 5) is 6.85. The summed E-state index contributed by atoms with van der Waals surface area (Å²) in [6.07, 6.45) is 2.27. The number of rotatable bonds is 3. The van der Waals surface area contributed by atoms with Crippen LogP contribution >= 0.6 is 0 Å². The predicted octanol–water partition coefficient (Wildman–Crippen LogP) is 2.02. The van der Waals surface area contributed by atoms with Crippen molar-refractivity contribution >= 4 is 16.7 Å². The summed E-state index contributed by atoms with van der Waals surface area (Å²) < 4.78 is 0. The first kappa shape index (κ1) is 13.3. The van der Waals surface area contributed by atoms with Gasteiger partial charge in [0.25, 0.3) is 0 Å². The molecule has 1 aromatic carbocycles. The van der Waals surface area contributed by atoms with E-state index in [9.17, 15) is 5.11 Å². The number of nitrogen functional groups attached to an aromatic ring is 1. The van der Waals surface area contributed by atoms with Gasteiger partial charge in [-0.05, 0) is 37.4 Å². The lowest BCUT2D eigenvalue weighted by Gasteiger charge is -2.31. The number of aliphatic hydroxyl groups excluding tert-OH is 1. The minimum absolute atomic E-state index is 0.280. The summed E-state index contributed by atoms with van der Waals surface area (Å²) in [6, 6.07) is 10.2. The highest BCUT2D eigenvalue weighted by Gasteiger charge is 2.20. The number of pyridine rings is 1. The molecule has 1 fully saturated rings. The average molecular weight is 271 g/mol. The van der Waals surface area contributed by atoms with E-state index in [1.807, 2.05) is 18.2 Å². The Morgan fingerprint density at radius 2 is 2.20 bits per heavy atom. The highest BCUT2D eigenvalue weighted by atomic mass is 16.3. The molecule has 20 heavy (non-hydrogen) atoms. The lowest BCUT2D eigenvalue weighted by molar-refractivity contribution is 0.116. The fourth-order valence-corrected chi connectivity index (χ4v) is 2.99. The second-order valence-electron chi connectivity index (χ2n) is 5.65. The molecule has 3 rings (SSSR count). The largest absolute Gasteiger partial charge is 0.396 e. The van der Waals surface area contributed by atoms with Gasteiger partial charge in [0.15, 0.2) is 0 Å². The van der Waals surface area contributed by atoms with E-state index in [0.717, 1.165) is 48.9 Å². The van der Waals surface area contributed by atoms with Crippen molar-refractivity contribution in [2.45, 2.75) is 19.4 Å². The van der Waals surface area contributed by atoms with Gasteiger partial charge in [0.1, 0.15) is 5.82 Å². The van der Waals surface area contributed by atoms with E-state index in [0.29, 0.717) is 11.7 Å². The van der Waals surface area contributed by atoms with Crippen LogP contribution in [-0.4, -0.2) is 34.7 Å². The van der Waals surface area contributed by atoms with Crippen LogP contribution in [0.2, 0.25) is 0 Å². The van der Waals surface area contributed by atoms with Crippen LogP contribution in [0.15, 0.2) is 30.3 Å². The van der Waals surface area contributed by atoms with Crippen LogP contribution in [0.25, 0.3) is 10.9 Å². The number of piperidine rings is 1. The van der Waals surface area contributed by atoms with Gasteiger partial charge in [0.05, 0.1) is 5.52 Å². The molecule has 2 aromatic rings. The Balaban J connectivity index is 1.81. The third-order valence-corrected chi connectivity index (χ3v) is 4.09. The number of para-hydroxylation sites is 1. The summed E-state index contributed by atoms with van der Waals surface area (Å²) in [5, 5.41) is 10.4. The van der Waals surface area contributed by atoms with Gasteiger partial charge in [0.2, 0.25) is 0 Å². The SMILES string of the molecule is Nc1nc2ccccc2cc1CN1CCCC(CO)C1. The summed E-state index contributed by atoms with van der Waals surface area (Å²) in [5.74, 6) is 1.02. The molecule has 1 atom stereocenters. The molecule has 1 aliphatic rings. The normalized spacial score (nSPS) is 20.4. The van der Waals surface area contributed by atoms with E-state index in [1.54, 1.807) is 0 Å². The second kappa shape index (κ2) is 5.77. The van der Waals surface area contributed by atoms with Gasteiger partial charge in [-0.2, -0.15) is 0 Å². The molecule has 1 unspecified atom stereocenters. The first-order chi connectivity index (χ1) is 9.76. The molecule has 0 spiro atoms. The Labute approximate surface area is 119 Å². The number of anilines is 1. The molecular formula is C16H21N3O. The van der Waals surface area contributed by atoms with Crippen LogP contribution in [0.3, 0.4) is 0 Å². The topological polar surface area (TPSA) is 62.4 Å². The van der Waals surface area contributed by atoms with Crippen molar-refractivity contribution in [3.63, 3.8) is 0 Å². The zero-order valence-corrected chi connectivity index (χ0v) is 11.6. The molecule has 106 valence electrons. The molecule has 1 aliphatic heterocycles. The van der Waals surface area contributed by atoms with Crippen LogP contribution < -0.4 is 5.73 Å². The summed E-state index contributed by atoms with van der Waals surface area (Å²) in [7, 11) is 0. The van der Waals surface area contributed by atoms with Crippen molar-refractivity contribution in [1.29, 1.82) is 0 Å². The van der Waals surface area contributed by atoms with E-state index in [1.165, 1.54) is 0 Å². The number of benzene rings is 1. The quantitative estimate of drug-likeness (QED) is 0.896. The van der Waals surface area contributed by atoms with Gasteiger partial charge in [0, 0.05) is 30.6 Å². The Kier molecular flexibility index (Phi) is 3.85. The van der Waals surface area contributed by atoms with E-state index < -0.39 is 0 Å². The Morgan fingerprint density at radius 1 is 1.35 bits per heavy atom. The highest BCUT2D eigenvalue weighted by Crippen LogP contribution is 2.22. The minimum Gasteiger partial charge on any atom is -0.396 e. The first-order valence-electron chi connectivity index (χ1n) is 7.23. The number of nitrogens with zero attached hydrogens (tertiary/aromatic N) is 2. The van der Waals surface area contributed by atoms with Crippen molar-refractivity contribution < 1.29 is 5.11 Å². The van der Waals surface area contributed by atoms with Gasteiger partial charge in [-0.1, -0.05) is 18.2 Å². The van der Waals surface area contributed by atoms with Gasteiger partial charge in [-0.15, -0.1) is 0 Å². The highest BCUT2D eigenvalue weighted by molar-refractivity contribution is 5.81. The molecule has 2 heterocycles. The van der Waals surface area contributed by atoms with Crippen molar-refractivity contribution in [1.82, 2.24) is 9.88 Å². The maximum atomic E-state index is 9.31. The predicted molar refractivity (Wildman–Crippen MR) is 81.2 cm³/mol. The van der Waals surface area contributed by atoms with Crippen LogP contribution in [0.1, 0.15) is 18.4 Å². The second-order valence-corrected chi connectivity index (χ2v) is 5.65. The van der Waals surface area contributed by atoms with Crippen LogP contribution in [-0.2, 0) is 6.54 Å². The number of aromatic nitrogens is 1. The van der Waals surface area contributed by atoms with Crippen LogP contribution in [0.5, 0.6) is 0 Å². The average Bonchev–Trinajstić information content (AvgIpc) is 2.48. The summed E-state index contributed by atoms with van der Waals surface area (Å²) in [6.45, 7) is 3.12. The fourth-order valence-electron chi connectivity index (χ4n) is 2.99. The van der Waals surface area contributed by atoms with Crippen molar-refractivity contribution in [2.24, 2.45) is 5.92 Å². The third-order valence-electron chi connectivity index (χ3n) is 4.09. The van der Waals surface area contributed by atoms with Gasteiger partial charge >= 0.3 is 0 Å². The summed E-state index contributed by atoms with van der Waals surface area (Å²) in [5.41, 5.74) is 8.11. The maximum Gasteiger partial charge on any atom is 0.128 e. The molecule has 0 radical (unpaired) electrons. The number of hydrogen-bond donors (Lipinski definition) is 2. The Morgan fingerprint density at radius 3 is 3.05 bits per heavy atom. The monoisotopic (exact) mass is 271 g/mol. The molecule has 3 N–H and O–H groups in total. The van der Waals surface area contributed by atoms with Crippen LogP contribution in [0, 0.1) is 5.92 Å². The van der Waals surface area contributed by atoms with Crippen molar-refractivity contribution in [3.05, 3.63) is 35.9 Å². The molecule has 4 nitrogen and oxygen atoms in total. The van der Waals surface area contributed by atoms with Crippen molar-refractivity contribution in [3.8, 4) is 0 Å². The standard InChI is InChI=1S/C16H21N3O/c17-16-14(8-13-5-1-2-6-15(13)18-16)10-19-7-3-4-12(9-19)11-20/h1-2,5-6,8,12,20H,3-4,7,9-11H2,(H2,17,18). The number of fused-ring (bicyclic) bond motifs is 1. The van der Waals surface area contributed by atoms with Gasteiger partial charge < -0.3 is 10.8 Å². The smallest absolute Gasteiger partial charge is 0.128 e. The Hall–Kier alpha value is -1.65. The molecule has 0 amide bonds. The fraction of sp³-hybridized carbons (Fsp3) is 0.438. The zero-order chi connectivity index (χ0) is 13.9. The molecule has 4 heteroatoms. The summed E-state index contributed by atoms with van der Waals surface area (Å²) >= 11 is 0. The molecule has 1 saturated heterocycles. The van der Waals surface area contributed by atoms with Crippen LogP contribution in [0.4, 0.5) is 5.82 Å². The van der Waals surface area contributed by atoms with Gasteiger partial charge in [-0.25, -0.2) is 4.98 Å². The van der Waals surface area contributed by atoms with E-state index >= 15 is 0 Å². The number of likely N-dealkylation sites (tertiary alicyclic amines) is 1. The van der Waals surface area contributed by atoms with Crippen molar-refractivity contribution in [2.75, 3.05) is 25.4 Å². The molecule has 0 saturated carbocycles. The number of aliphatic hydroxyl groups is 1. The number of hydrogen-bond acceptors (Lipinski definition) is 4. The zero-order valence-electron chi connectivity index (χ0n) is 11.6. The minimum atomic E-state index is 0.280. The lowest BCUT2D eigenvalue weighted by atomic mass is 9.98. The third kappa shape index (κ3) is 2.76. The lowest BCUT2D eigenvalue weighted by Crippen LogP contribution is -2.36. The molecule has 1 aromatic heterocycles. The number of nitrogens with two attached hydrogens (primary N) is 1. The maximum absolute atomic E-state index is 9.31. The molecule has 0 bridgehead atoms. The Bertz CT molecular complexity index is 599. The molecular weight excluding hydrogens is 250 g/mol. The van der Waals surface area contributed by atoms with E-state index in [4.69, 9.17) is 5.73 Å². The molecule has 0 aliphatic carbocycles. The van der Waals surface area contributed by atoms with Gasteiger partial charge in [-0.3, -0.25) is 4.90 Å². The van der Waals surface area contributed by atoms with E-state index in [-0.39, 0.29) is 6.61 Å². The van der Waals surface area contributed by atoms with E-state index in [2.05, 4.69) is 22.0 Å². The first-order valence-corrected chi connectivity index (χ1v) is 7.23.